The predicted molar refractivity (Wildman–Crippen MR) is 110 cm³/mol. The molecule has 0 unspecified atom stereocenters. The number of hydrogen-bond donors (Lipinski definition) is 1. The number of nitrogens with one attached hydrogen (secondary N) is 1. The normalized spacial score (nSPS) is 10.9. The van der Waals surface area contributed by atoms with Crippen LogP contribution in [0.25, 0.3) is 11.0 Å². The molecule has 0 aliphatic carbocycles. The number of para-hydroxylation sites is 2. The number of nitrogens with zero attached hydrogens (tertiary/aromatic N) is 3. The fourth-order valence-corrected chi connectivity index (χ4v) is 3.34. The first-order valence-corrected chi connectivity index (χ1v) is 9.58. The Balaban J connectivity index is 1.47. The summed E-state index contributed by atoms with van der Waals surface area (Å²) < 4.78 is 16.2. The van der Waals surface area contributed by atoms with Crippen molar-refractivity contribution in [3.63, 3.8) is 0 Å². The molecule has 4 aromatic rings. The Hall–Kier alpha value is -3.54. The number of pyridine rings is 1. The monoisotopic (exact) mass is 388 g/mol. The first kappa shape index (κ1) is 18.8. The van der Waals surface area contributed by atoms with E-state index in [1.54, 1.807) is 36.7 Å². The number of benzene rings is 2. The van der Waals surface area contributed by atoms with Crippen LogP contribution < -0.4 is 5.32 Å². The van der Waals surface area contributed by atoms with Gasteiger partial charge in [-0.3, -0.25) is 9.78 Å². The van der Waals surface area contributed by atoms with Gasteiger partial charge in [0.05, 0.1) is 23.1 Å². The van der Waals surface area contributed by atoms with Gasteiger partial charge in [-0.05, 0) is 36.8 Å². The van der Waals surface area contributed by atoms with E-state index in [4.69, 9.17) is 4.98 Å². The number of halogens is 1. The van der Waals surface area contributed by atoms with Crippen molar-refractivity contribution >= 4 is 16.9 Å². The zero-order valence-electron chi connectivity index (χ0n) is 15.9. The summed E-state index contributed by atoms with van der Waals surface area (Å²) >= 11 is 0. The van der Waals surface area contributed by atoms with Gasteiger partial charge in [0, 0.05) is 30.9 Å². The van der Waals surface area contributed by atoms with Crippen molar-refractivity contribution in [2.24, 2.45) is 0 Å². The van der Waals surface area contributed by atoms with Crippen molar-refractivity contribution < 1.29 is 9.18 Å². The molecule has 0 radical (unpaired) electrons. The van der Waals surface area contributed by atoms with E-state index in [1.807, 2.05) is 30.3 Å². The fraction of sp³-hybridized carbons (Fsp3) is 0.174. The smallest absolute Gasteiger partial charge is 0.252 e. The molecule has 2 heterocycles. The number of rotatable bonds is 7. The standard InChI is InChI=1S/C23H21FN4O/c24-19-9-2-1-7-18(19)16-28-21-11-4-3-10-20(21)27-22(28)12-6-14-26-23(29)17-8-5-13-25-15-17/h1-5,7-11,13,15H,6,12,14,16H2,(H,26,29). The molecule has 1 N–H and O–H groups in total. The third-order valence-electron chi connectivity index (χ3n) is 4.81. The number of aryl methyl sites for hydroxylation is 1. The summed E-state index contributed by atoms with van der Waals surface area (Å²) in [5.41, 5.74) is 3.03. The van der Waals surface area contributed by atoms with Crippen molar-refractivity contribution in [3.8, 4) is 0 Å². The molecular formula is C23H21FN4O. The van der Waals surface area contributed by atoms with Gasteiger partial charge in [0.1, 0.15) is 11.6 Å². The summed E-state index contributed by atoms with van der Waals surface area (Å²) in [5.74, 6) is 0.517. The maximum absolute atomic E-state index is 14.2. The molecule has 0 fully saturated rings. The summed E-state index contributed by atoms with van der Waals surface area (Å²) in [6, 6.07) is 18.1. The highest BCUT2D eigenvalue weighted by Crippen LogP contribution is 2.20. The van der Waals surface area contributed by atoms with Crippen molar-refractivity contribution in [1.29, 1.82) is 0 Å². The van der Waals surface area contributed by atoms with E-state index in [0.717, 1.165) is 23.3 Å². The lowest BCUT2D eigenvalue weighted by molar-refractivity contribution is 0.0952. The van der Waals surface area contributed by atoms with Crippen molar-refractivity contribution in [2.45, 2.75) is 19.4 Å². The summed E-state index contributed by atoms with van der Waals surface area (Å²) in [6.07, 6.45) is 4.59. The Morgan fingerprint density at radius 1 is 1.03 bits per heavy atom. The number of amides is 1. The average molecular weight is 388 g/mol. The summed E-state index contributed by atoms with van der Waals surface area (Å²) in [7, 11) is 0. The van der Waals surface area contributed by atoms with Crippen LogP contribution in [-0.4, -0.2) is 27.0 Å². The second kappa shape index (κ2) is 8.65. The Morgan fingerprint density at radius 3 is 2.69 bits per heavy atom. The lowest BCUT2D eigenvalue weighted by Crippen LogP contribution is -2.25. The third kappa shape index (κ3) is 4.32. The van der Waals surface area contributed by atoms with E-state index in [1.165, 1.54) is 6.07 Å². The molecule has 0 saturated carbocycles. The SMILES string of the molecule is O=C(NCCCc1nc2ccccc2n1Cc1ccccc1F)c1cccnc1. The van der Waals surface area contributed by atoms with Crippen molar-refractivity contribution in [3.05, 3.63) is 95.8 Å². The van der Waals surface area contributed by atoms with Crippen LogP contribution in [0.2, 0.25) is 0 Å². The molecule has 6 heteroatoms. The molecular weight excluding hydrogens is 367 g/mol. The Kier molecular flexibility index (Phi) is 5.61. The topological polar surface area (TPSA) is 59.8 Å². The number of imidazole rings is 1. The van der Waals surface area contributed by atoms with Gasteiger partial charge in [-0.15, -0.1) is 0 Å². The second-order valence-electron chi connectivity index (χ2n) is 6.80. The minimum Gasteiger partial charge on any atom is -0.352 e. The largest absolute Gasteiger partial charge is 0.352 e. The third-order valence-corrected chi connectivity index (χ3v) is 4.81. The van der Waals surface area contributed by atoms with Crippen LogP contribution in [0.3, 0.4) is 0 Å². The van der Waals surface area contributed by atoms with Gasteiger partial charge < -0.3 is 9.88 Å². The van der Waals surface area contributed by atoms with Gasteiger partial charge in [0.25, 0.3) is 5.91 Å². The number of fused-ring (bicyclic) bond motifs is 1. The van der Waals surface area contributed by atoms with Crippen LogP contribution in [0.15, 0.2) is 73.1 Å². The molecule has 0 aliphatic heterocycles. The first-order valence-electron chi connectivity index (χ1n) is 9.58. The molecule has 2 aromatic carbocycles. The van der Waals surface area contributed by atoms with Crippen LogP contribution in [0, 0.1) is 5.82 Å². The number of carbonyl (C=O) groups excluding carboxylic acids is 1. The quantitative estimate of drug-likeness (QED) is 0.487. The molecule has 0 saturated heterocycles. The fourth-order valence-electron chi connectivity index (χ4n) is 3.34. The van der Waals surface area contributed by atoms with Gasteiger partial charge in [-0.2, -0.15) is 0 Å². The second-order valence-corrected chi connectivity index (χ2v) is 6.80. The summed E-state index contributed by atoms with van der Waals surface area (Å²) in [6.45, 7) is 0.946. The van der Waals surface area contributed by atoms with Gasteiger partial charge in [-0.1, -0.05) is 30.3 Å². The molecule has 2 aromatic heterocycles. The van der Waals surface area contributed by atoms with E-state index in [9.17, 15) is 9.18 Å². The molecule has 146 valence electrons. The number of aromatic nitrogens is 3. The molecule has 0 atom stereocenters. The van der Waals surface area contributed by atoms with Crippen molar-refractivity contribution in [2.75, 3.05) is 6.54 Å². The van der Waals surface area contributed by atoms with Crippen molar-refractivity contribution in [1.82, 2.24) is 19.9 Å². The van der Waals surface area contributed by atoms with E-state index in [2.05, 4.69) is 14.9 Å². The Morgan fingerprint density at radius 2 is 1.86 bits per heavy atom. The predicted octanol–water partition coefficient (Wildman–Crippen LogP) is 3.98. The zero-order chi connectivity index (χ0) is 20.1. The summed E-state index contributed by atoms with van der Waals surface area (Å²) in [5, 5.41) is 2.91. The minimum atomic E-state index is -0.222. The van der Waals surface area contributed by atoms with Crippen LogP contribution in [-0.2, 0) is 13.0 Å². The van der Waals surface area contributed by atoms with Gasteiger partial charge in [0.15, 0.2) is 0 Å². The molecule has 29 heavy (non-hydrogen) atoms. The highest BCUT2D eigenvalue weighted by molar-refractivity contribution is 5.93. The maximum atomic E-state index is 14.2. The Labute approximate surface area is 168 Å². The van der Waals surface area contributed by atoms with Gasteiger partial charge >= 0.3 is 0 Å². The molecule has 0 bridgehead atoms. The maximum Gasteiger partial charge on any atom is 0.252 e. The lowest BCUT2D eigenvalue weighted by Gasteiger charge is -2.11. The van der Waals surface area contributed by atoms with Crippen LogP contribution in [0.1, 0.15) is 28.2 Å². The summed E-state index contributed by atoms with van der Waals surface area (Å²) in [4.78, 5) is 20.8. The van der Waals surface area contributed by atoms with E-state index in [-0.39, 0.29) is 11.7 Å². The van der Waals surface area contributed by atoms with Gasteiger partial charge in [-0.25, -0.2) is 9.37 Å². The van der Waals surface area contributed by atoms with E-state index < -0.39 is 0 Å². The molecule has 0 spiro atoms. The average Bonchev–Trinajstić information content (AvgIpc) is 3.10. The van der Waals surface area contributed by atoms with E-state index >= 15 is 0 Å². The first-order chi connectivity index (χ1) is 14.2. The highest BCUT2D eigenvalue weighted by Gasteiger charge is 2.13. The van der Waals surface area contributed by atoms with Gasteiger partial charge in [0.2, 0.25) is 0 Å². The lowest BCUT2D eigenvalue weighted by atomic mass is 10.2. The number of carbonyl (C=O) groups is 1. The molecule has 0 aliphatic rings. The zero-order valence-corrected chi connectivity index (χ0v) is 15.9. The van der Waals surface area contributed by atoms with Crippen LogP contribution in [0.4, 0.5) is 4.39 Å². The number of hydrogen-bond acceptors (Lipinski definition) is 3. The molecule has 4 rings (SSSR count). The molecule has 5 nitrogen and oxygen atoms in total. The van der Waals surface area contributed by atoms with E-state index in [0.29, 0.717) is 30.6 Å². The minimum absolute atomic E-state index is 0.141. The Bertz CT molecular complexity index is 1120. The highest BCUT2D eigenvalue weighted by atomic mass is 19.1. The van der Waals surface area contributed by atoms with Crippen LogP contribution in [0.5, 0.6) is 0 Å². The molecule has 1 amide bonds. The van der Waals surface area contributed by atoms with Crippen LogP contribution >= 0.6 is 0 Å².